The van der Waals surface area contributed by atoms with E-state index in [1.807, 2.05) is 17.4 Å². The van der Waals surface area contributed by atoms with Gasteiger partial charge >= 0.3 is 0 Å². The number of hydrogen-bond donors (Lipinski definition) is 0. The van der Waals surface area contributed by atoms with Gasteiger partial charge in [-0.15, -0.1) is 11.3 Å². The standard InChI is InChI=1S/C19H18BrClOS/c1-2-3-8-22-18-12-17(21)14(11-16(18)20)10-15-9-13-6-4-5-7-19(13)23-15/h4-7,9,11-12H,2-3,8,10H2,1H3. The molecule has 0 atom stereocenters. The molecule has 0 aliphatic heterocycles. The highest BCUT2D eigenvalue weighted by Crippen LogP contribution is 2.34. The summed E-state index contributed by atoms with van der Waals surface area (Å²) in [6, 6.07) is 14.7. The Morgan fingerprint density at radius 2 is 2.00 bits per heavy atom. The SMILES string of the molecule is CCCCOc1cc(Cl)c(Cc2cc3ccccc3s2)cc1Br. The van der Waals surface area contributed by atoms with Crippen LogP contribution in [0, 0.1) is 0 Å². The maximum Gasteiger partial charge on any atom is 0.134 e. The monoisotopic (exact) mass is 408 g/mol. The van der Waals surface area contributed by atoms with Crippen molar-refractivity contribution < 1.29 is 4.74 Å². The van der Waals surface area contributed by atoms with E-state index >= 15 is 0 Å². The first-order valence-electron chi connectivity index (χ1n) is 7.75. The van der Waals surface area contributed by atoms with Crippen LogP contribution in [0.25, 0.3) is 10.1 Å². The molecule has 3 rings (SSSR count). The van der Waals surface area contributed by atoms with Crippen molar-refractivity contribution in [3.05, 3.63) is 62.4 Å². The molecule has 1 aromatic heterocycles. The average Bonchev–Trinajstić information content (AvgIpc) is 2.94. The number of unbranched alkanes of at least 4 members (excludes halogenated alkanes) is 1. The normalized spacial score (nSPS) is 11.1. The molecule has 0 fully saturated rings. The lowest BCUT2D eigenvalue weighted by atomic mass is 10.1. The molecule has 0 saturated carbocycles. The number of hydrogen-bond acceptors (Lipinski definition) is 2. The second-order valence-electron chi connectivity index (χ2n) is 5.50. The summed E-state index contributed by atoms with van der Waals surface area (Å²) in [6.45, 7) is 2.88. The van der Waals surface area contributed by atoms with Gasteiger partial charge in [0.05, 0.1) is 11.1 Å². The quantitative estimate of drug-likeness (QED) is 0.395. The Morgan fingerprint density at radius 3 is 2.78 bits per heavy atom. The first-order valence-corrected chi connectivity index (χ1v) is 9.74. The Hall–Kier alpha value is -1.03. The molecule has 0 aliphatic carbocycles. The minimum absolute atomic E-state index is 0.723. The summed E-state index contributed by atoms with van der Waals surface area (Å²) < 4.78 is 8.07. The lowest BCUT2D eigenvalue weighted by Gasteiger charge is -2.11. The van der Waals surface area contributed by atoms with E-state index < -0.39 is 0 Å². The van der Waals surface area contributed by atoms with Crippen molar-refractivity contribution in [2.45, 2.75) is 26.2 Å². The smallest absolute Gasteiger partial charge is 0.134 e. The van der Waals surface area contributed by atoms with E-state index in [-0.39, 0.29) is 0 Å². The minimum Gasteiger partial charge on any atom is -0.492 e. The number of fused-ring (bicyclic) bond motifs is 1. The van der Waals surface area contributed by atoms with Crippen molar-refractivity contribution in [1.29, 1.82) is 0 Å². The molecule has 0 unspecified atom stereocenters. The lowest BCUT2D eigenvalue weighted by Crippen LogP contribution is -1.98. The third-order valence-electron chi connectivity index (χ3n) is 3.70. The number of rotatable bonds is 6. The molecule has 23 heavy (non-hydrogen) atoms. The Bertz CT molecular complexity index is 779. The van der Waals surface area contributed by atoms with Crippen LogP contribution in [-0.2, 0) is 6.42 Å². The van der Waals surface area contributed by atoms with Gasteiger partial charge in [0.2, 0.25) is 0 Å². The van der Waals surface area contributed by atoms with Crippen molar-refractivity contribution in [1.82, 2.24) is 0 Å². The number of benzene rings is 2. The summed E-state index contributed by atoms with van der Waals surface area (Å²) in [6.07, 6.45) is 3.01. The summed E-state index contributed by atoms with van der Waals surface area (Å²) in [5.74, 6) is 0.823. The van der Waals surface area contributed by atoms with Gasteiger partial charge in [-0.2, -0.15) is 0 Å². The molecule has 0 N–H and O–H groups in total. The van der Waals surface area contributed by atoms with Crippen LogP contribution in [0.15, 0.2) is 46.9 Å². The molecule has 1 heterocycles. The number of thiophene rings is 1. The molecule has 4 heteroatoms. The van der Waals surface area contributed by atoms with Crippen LogP contribution in [0.3, 0.4) is 0 Å². The van der Waals surface area contributed by atoms with Gasteiger partial charge in [0.15, 0.2) is 0 Å². The molecule has 0 aliphatic rings. The van der Waals surface area contributed by atoms with Crippen LogP contribution in [0.1, 0.15) is 30.2 Å². The van der Waals surface area contributed by atoms with E-state index in [0.717, 1.165) is 46.7 Å². The van der Waals surface area contributed by atoms with Gasteiger partial charge in [0, 0.05) is 27.1 Å². The highest BCUT2D eigenvalue weighted by atomic mass is 79.9. The maximum atomic E-state index is 6.47. The molecular weight excluding hydrogens is 392 g/mol. The number of halogens is 2. The van der Waals surface area contributed by atoms with E-state index in [0.29, 0.717) is 0 Å². The van der Waals surface area contributed by atoms with Crippen LogP contribution in [-0.4, -0.2) is 6.61 Å². The van der Waals surface area contributed by atoms with Gasteiger partial charge in [-0.1, -0.05) is 43.1 Å². The minimum atomic E-state index is 0.723. The summed E-state index contributed by atoms with van der Waals surface area (Å²) in [4.78, 5) is 1.32. The van der Waals surface area contributed by atoms with Gasteiger partial charge in [0.25, 0.3) is 0 Å². The number of ether oxygens (including phenoxy) is 1. The van der Waals surface area contributed by atoms with Crippen molar-refractivity contribution in [3.63, 3.8) is 0 Å². The van der Waals surface area contributed by atoms with Crippen LogP contribution in [0.2, 0.25) is 5.02 Å². The molecule has 0 radical (unpaired) electrons. The van der Waals surface area contributed by atoms with Gasteiger partial charge in [-0.25, -0.2) is 0 Å². The highest BCUT2D eigenvalue weighted by molar-refractivity contribution is 9.10. The maximum absolute atomic E-state index is 6.47. The van der Waals surface area contributed by atoms with Gasteiger partial charge in [0.1, 0.15) is 5.75 Å². The molecule has 0 bridgehead atoms. The van der Waals surface area contributed by atoms with E-state index in [1.165, 1.54) is 15.0 Å². The van der Waals surface area contributed by atoms with E-state index in [2.05, 4.69) is 59.3 Å². The first kappa shape index (κ1) is 16.8. The topological polar surface area (TPSA) is 9.23 Å². The van der Waals surface area contributed by atoms with E-state index in [1.54, 1.807) is 0 Å². The van der Waals surface area contributed by atoms with Crippen molar-refractivity contribution in [2.24, 2.45) is 0 Å². The van der Waals surface area contributed by atoms with Gasteiger partial charge < -0.3 is 4.74 Å². The molecule has 120 valence electrons. The molecule has 0 amide bonds. The largest absolute Gasteiger partial charge is 0.492 e. The van der Waals surface area contributed by atoms with Gasteiger partial charge in [-0.05, 0) is 51.5 Å². The Labute approximate surface area is 154 Å². The zero-order chi connectivity index (χ0) is 16.2. The molecule has 2 aromatic carbocycles. The molecule has 0 saturated heterocycles. The van der Waals surface area contributed by atoms with Crippen LogP contribution in [0.5, 0.6) is 5.75 Å². The van der Waals surface area contributed by atoms with Crippen molar-refractivity contribution >= 4 is 49.0 Å². The second kappa shape index (κ2) is 7.69. The Morgan fingerprint density at radius 1 is 1.17 bits per heavy atom. The van der Waals surface area contributed by atoms with Crippen LogP contribution in [0.4, 0.5) is 0 Å². The Balaban J connectivity index is 1.81. The molecule has 0 spiro atoms. The fourth-order valence-electron chi connectivity index (χ4n) is 2.45. The van der Waals surface area contributed by atoms with Crippen LogP contribution >= 0.6 is 38.9 Å². The summed E-state index contributed by atoms with van der Waals surface area (Å²) >= 11 is 11.9. The fourth-order valence-corrected chi connectivity index (χ4v) is 4.27. The highest BCUT2D eigenvalue weighted by Gasteiger charge is 2.10. The average molecular weight is 410 g/mol. The van der Waals surface area contributed by atoms with E-state index in [4.69, 9.17) is 16.3 Å². The predicted octanol–water partition coefficient (Wildman–Crippen LogP) is 7.09. The second-order valence-corrected chi connectivity index (χ2v) is 7.93. The third kappa shape index (κ3) is 4.09. The summed E-state index contributed by atoms with van der Waals surface area (Å²) in [7, 11) is 0. The van der Waals surface area contributed by atoms with Crippen LogP contribution < -0.4 is 4.74 Å². The summed E-state index contributed by atoms with van der Waals surface area (Å²) in [5.41, 5.74) is 1.12. The third-order valence-corrected chi connectivity index (χ3v) is 5.79. The molecular formula is C19H18BrClOS. The predicted molar refractivity (Wildman–Crippen MR) is 104 cm³/mol. The van der Waals surface area contributed by atoms with E-state index in [9.17, 15) is 0 Å². The summed E-state index contributed by atoms with van der Waals surface area (Å²) in [5, 5.41) is 2.05. The Kier molecular flexibility index (Phi) is 5.62. The zero-order valence-electron chi connectivity index (χ0n) is 12.9. The van der Waals surface area contributed by atoms with Crippen molar-refractivity contribution in [2.75, 3.05) is 6.61 Å². The lowest BCUT2D eigenvalue weighted by molar-refractivity contribution is 0.307. The molecule has 1 nitrogen and oxygen atoms in total. The van der Waals surface area contributed by atoms with Gasteiger partial charge in [-0.3, -0.25) is 0 Å². The fraction of sp³-hybridized carbons (Fsp3) is 0.263. The zero-order valence-corrected chi connectivity index (χ0v) is 16.1. The van der Waals surface area contributed by atoms with Crippen molar-refractivity contribution in [3.8, 4) is 5.75 Å². The molecule has 3 aromatic rings. The first-order chi connectivity index (χ1) is 11.2.